The molecule has 3 N–H and O–H groups in total. The Morgan fingerprint density at radius 2 is 2.25 bits per heavy atom. The van der Waals surface area contributed by atoms with Crippen molar-refractivity contribution in [3.63, 3.8) is 0 Å². The monoisotopic (exact) mass is 222 g/mol. The van der Waals surface area contributed by atoms with E-state index in [0.29, 0.717) is 24.2 Å². The molecule has 2 rings (SSSR count). The van der Waals surface area contributed by atoms with E-state index < -0.39 is 0 Å². The maximum Gasteiger partial charge on any atom is 0.255 e. The van der Waals surface area contributed by atoms with Gasteiger partial charge in [0.25, 0.3) is 5.91 Å². The lowest BCUT2D eigenvalue weighted by Crippen LogP contribution is -2.36. The molecule has 1 atom stereocenters. The van der Waals surface area contributed by atoms with Gasteiger partial charge >= 0.3 is 0 Å². The summed E-state index contributed by atoms with van der Waals surface area (Å²) < 4.78 is 0. The Labute approximate surface area is 92.8 Å². The number of rotatable bonds is 2. The van der Waals surface area contributed by atoms with Gasteiger partial charge in [0, 0.05) is 18.7 Å². The van der Waals surface area contributed by atoms with Crippen molar-refractivity contribution >= 4 is 11.8 Å². The van der Waals surface area contributed by atoms with Crippen LogP contribution in [-0.4, -0.2) is 34.6 Å². The van der Waals surface area contributed by atoms with Crippen molar-refractivity contribution in [2.45, 2.75) is 26.3 Å². The van der Waals surface area contributed by atoms with Crippen molar-refractivity contribution in [2.75, 3.05) is 6.54 Å². The van der Waals surface area contributed by atoms with Crippen LogP contribution in [0.3, 0.4) is 0 Å². The topological polar surface area (TPSA) is 86.9 Å². The first kappa shape index (κ1) is 10.7. The second kappa shape index (κ2) is 3.96. The molecule has 0 bridgehead atoms. The molecule has 86 valence electrons. The van der Waals surface area contributed by atoms with Gasteiger partial charge in [-0.25, -0.2) is 0 Å². The Hall–Kier alpha value is -1.85. The summed E-state index contributed by atoms with van der Waals surface area (Å²) in [7, 11) is 0. The van der Waals surface area contributed by atoms with E-state index in [4.69, 9.17) is 0 Å². The highest BCUT2D eigenvalue weighted by Crippen LogP contribution is 2.10. The highest BCUT2D eigenvalue weighted by atomic mass is 16.2. The number of nitrogens with one attached hydrogen (secondary N) is 3. The SMILES string of the molecule is Cc1n[nH]c(C)c1C(=O)NC1CNC(=O)C1. The van der Waals surface area contributed by atoms with Crippen LogP contribution >= 0.6 is 0 Å². The van der Waals surface area contributed by atoms with E-state index in [-0.39, 0.29) is 17.9 Å². The Bertz CT molecular complexity index is 419. The first-order valence-electron chi connectivity index (χ1n) is 5.17. The van der Waals surface area contributed by atoms with Crippen LogP contribution in [-0.2, 0) is 4.79 Å². The van der Waals surface area contributed by atoms with Gasteiger partial charge in [0.15, 0.2) is 0 Å². The number of nitrogens with zero attached hydrogens (tertiary/aromatic N) is 1. The number of carbonyl (C=O) groups is 2. The zero-order chi connectivity index (χ0) is 11.7. The summed E-state index contributed by atoms with van der Waals surface area (Å²) in [4.78, 5) is 22.9. The maximum absolute atomic E-state index is 11.9. The average Bonchev–Trinajstić information content (AvgIpc) is 2.74. The van der Waals surface area contributed by atoms with Gasteiger partial charge in [0.2, 0.25) is 5.91 Å². The molecule has 0 spiro atoms. The molecule has 1 unspecified atom stereocenters. The third-order valence-electron chi connectivity index (χ3n) is 2.67. The zero-order valence-corrected chi connectivity index (χ0v) is 9.26. The third-order valence-corrected chi connectivity index (χ3v) is 2.67. The van der Waals surface area contributed by atoms with Crippen molar-refractivity contribution in [3.05, 3.63) is 17.0 Å². The van der Waals surface area contributed by atoms with Crippen LogP contribution in [0.5, 0.6) is 0 Å². The fraction of sp³-hybridized carbons (Fsp3) is 0.500. The lowest BCUT2D eigenvalue weighted by molar-refractivity contribution is -0.119. The van der Waals surface area contributed by atoms with Crippen molar-refractivity contribution in [3.8, 4) is 0 Å². The van der Waals surface area contributed by atoms with Crippen LogP contribution in [0.2, 0.25) is 0 Å². The van der Waals surface area contributed by atoms with Crippen LogP contribution < -0.4 is 10.6 Å². The molecular weight excluding hydrogens is 208 g/mol. The van der Waals surface area contributed by atoms with Crippen molar-refractivity contribution < 1.29 is 9.59 Å². The number of carbonyl (C=O) groups excluding carboxylic acids is 2. The van der Waals surface area contributed by atoms with Crippen molar-refractivity contribution in [1.82, 2.24) is 20.8 Å². The van der Waals surface area contributed by atoms with Gasteiger partial charge in [-0.1, -0.05) is 0 Å². The van der Waals surface area contributed by atoms with E-state index in [2.05, 4.69) is 20.8 Å². The maximum atomic E-state index is 11.9. The molecule has 1 aromatic heterocycles. The highest BCUT2D eigenvalue weighted by Gasteiger charge is 2.25. The van der Waals surface area contributed by atoms with E-state index in [1.807, 2.05) is 0 Å². The smallest absolute Gasteiger partial charge is 0.255 e. The molecular formula is C10H14N4O2. The standard InChI is InChI=1S/C10H14N4O2/c1-5-9(6(2)14-13-5)10(16)12-7-3-8(15)11-4-7/h7H,3-4H2,1-2H3,(H,11,15)(H,12,16)(H,13,14). The minimum Gasteiger partial charge on any atom is -0.354 e. The largest absolute Gasteiger partial charge is 0.354 e. The van der Waals surface area contributed by atoms with Gasteiger partial charge in [-0.2, -0.15) is 5.10 Å². The fourth-order valence-electron chi connectivity index (χ4n) is 1.85. The van der Waals surface area contributed by atoms with E-state index >= 15 is 0 Å². The molecule has 2 heterocycles. The number of H-pyrrole nitrogens is 1. The van der Waals surface area contributed by atoms with Crippen molar-refractivity contribution in [1.29, 1.82) is 0 Å². The quantitative estimate of drug-likeness (QED) is 0.639. The highest BCUT2D eigenvalue weighted by molar-refractivity contribution is 5.97. The summed E-state index contributed by atoms with van der Waals surface area (Å²) in [6, 6.07) is -0.117. The summed E-state index contributed by atoms with van der Waals surface area (Å²) in [5, 5.41) is 12.2. The molecule has 0 aliphatic carbocycles. The third kappa shape index (κ3) is 1.91. The summed E-state index contributed by atoms with van der Waals surface area (Å²) in [6.45, 7) is 4.07. The Morgan fingerprint density at radius 1 is 1.50 bits per heavy atom. The lowest BCUT2D eigenvalue weighted by Gasteiger charge is -2.10. The lowest BCUT2D eigenvalue weighted by atomic mass is 10.1. The van der Waals surface area contributed by atoms with E-state index in [1.165, 1.54) is 0 Å². The first-order valence-corrected chi connectivity index (χ1v) is 5.17. The number of aryl methyl sites for hydroxylation is 2. The molecule has 1 aromatic rings. The van der Waals surface area contributed by atoms with Crippen LogP contribution in [0.1, 0.15) is 28.2 Å². The normalized spacial score (nSPS) is 19.6. The number of hydrogen-bond acceptors (Lipinski definition) is 3. The minimum absolute atomic E-state index is 0.0223. The van der Waals surface area contributed by atoms with Crippen LogP contribution in [0, 0.1) is 13.8 Å². The van der Waals surface area contributed by atoms with Crippen LogP contribution in [0.15, 0.2) is 0 Å². The molecule has 6 heteroatoms. The van der Waals surface area contributed by atoms with Crippen LogP contribution in [0.4, 0.5) is 0 Å². The minimum atomic E-state index is -0.176. The predicted octanol–water partition coefficient (Wildman–Crippen LogP) is -0.355. The zero-order valence-electron chi connectivity index (χ0n) is 9.26. The van der Waals surface area contributed by atoms with Crippen LogP contribution in [0.25, 0.3) is 0 Å². The van der Waals surface area contributed by atoms with E-state index in [0.717, 1.165) is 5.69 Å². The van der Waals surface area contributed by atoms with E-state index in [9.17, 15) is 9.59 Å². The van der Waals surface area contributed by atoms with E-state index in [1.54, 1.807) is 13.8 Å². The number of aromatic nitrogens is 2. The molecule has 16 heavy (non-hydrogen) atoms. The van der Waals surface area contributed by atoms with Gasteiger partial charge < -0.3 is 10.6 Å². The fourth-order valence-corrected chi connectivity index (χ4v) is 1.85. The summed E-state index contributed by atoms with van der Waals surface area (Å²) in [5.74, 6) is -0.198. The molecule has 1 fully saturated rings. The second-order valence-electron chi connectivity index (χ2n) is 3.99. The summed E-state index contributed by atoms with van der Waals surface area (Å²) in [5.41, 5.74) is 1.99. The van der Waals surface area contributed by atoms with Gasteiger partial charge in [-0.05, 0) is 13.8 Å². The summed E-state index contributed by atoms with van der Waals surface area (Å²) in [6.07, 6.45) is 0.349. The second-order valence-corrected chi connectivity index (χ2v) is 3.99. The Balaban J connectivity index is 2.06. The Kier molecular flexibility index (Phi) is 2.64. The molecule has 6 nitrogen and oxygen atoms in total. The predicted molar refractivity (Wildman–Crippen MR) is 56.9 cm³/mol. The molecule has 0 aromatic carbocycles. The van der Waals surface area contributed by atoms with Gasteiger partial charge in [-0.3, -0.25) is 14.7 Å². The molecule has 1 aliphatic heterocycles. The Morgan fingerprint density at radius 3 is 2.75 bits per heavy atom. The molecule has 0 saturated carbocycles. The summed E-state index contributed by atoms with van der Waals surface area (Å²) >= 11 is 0. The molecule has 1 saturated heterocycles. The first-order chi connectivity index (χ1) is 7.58. The van der Waals surface area contributed by atoms with Gasteiger partial charge in [-0.15, -0.1) is 0 Å². The van der Waals surface area contributed by atoms with Gasteiger partial charge in [0.1, 0.15) is 0 Å². The molecule has 1 aliphatic rings. The number of hydrogen-bond donors (Lipinski definition) is 3. The van der Waals surface area contributed by atoms with Crippen molar-refractivity contribution in [2.24, 2.45) is 0 Å². The average molecular weight is 222 g/mol. The number of amides is 2. The van der Waals surface area contributed by atoms with Gasteiger partial charge in [0.05, 0.1) is 17.3 Å². The number of aromatic amines is 1. The molecule has 2 amide bonds. The molecule has 0 radical (unpaired) electrons.